The number of carbonyl (C=O) groups is 2. The third-order valence-corrected chi connectivity index (χ3v) is 3.91. The molecule has 1 aromatic heterocycles. The van der Waals surface area contributed by atoms with Gasteiger partial charge in [0.2, 0.25) is 0 Å². The van der Waals surface area contributed by atoms with Gasteiger partial charge in [-0.1, -0.05) is 0 Å². The Bertz CT molecular complexity index is 529. The number of hydrogen-bond acceptors (Lipinski definition) is 4. The van der Waals surface area contributed by atoms with E-state index in [1.54, 1.807) is 0 Å². The smallest absolute Gasteiger partial charge is 0.443 e. The second-order valence-corrected chi connectivity index (χ2v) is 5.32. The summed E-state index contributed by atoms with van der Waals surface area (Å²) < 4.78 is 37.3. The molecule has 1 N–H and O–H groups in total. The van der Waals surface area contributed by atoms with Crippen molar-refractivity contribution < 1.29 is 27.9 Å². The fourth-order valence-electron chi connectivity index (χ4n) is 2.03. The normalized spacial score (nSPS) is 19.9. The average Bonchev–Trinajstić information content (AvgIpc) is 2.87. The first-order valence-corrected chi connectivity index (χ1v) is 6.72. The first-order chi connectivity index (χ1) is 9.29. The van der Waals surface area contributed by atoms with Crippen LogP contribution in [0.25, 0.3) is 0 Å². The summed E-state index contributed by atoms with van der Waals surface area (Å²) >= 11 is 0.356. The average molecular weight is 308 g/mol. The van der Waals surface area contributed by atoms with Crippen molar-refractivity contribution in [3.63, 3.8) is 0 Å². The number of carboxylic acids is 1. The summed E-state index contributed by atoms with van der Waals surface area (Å²) in [7, 11) is 0. The number of aliphatic carboxylic acids is 1. The Morgan fingerprint density at radius 2 is 2.15 bits per heavy atom. The van der Waals surface area contributed by atoms with E-state index in [0.717, 1.165) is 5.38 Å². The summed E-state index contributed by atoms with van der Waals surface area (Å²) in [6, 6.07) is 0. The van der Waals surface area contributed by atoms with Crippen LogP contribution >= 0.6 is 11.3 Å². The molecule has 1 saturated heterocycles. The summed E-state index contributed by atoms with van der Waals surface area (Å²) in [5, 5.41) is 8.89. The van der Waals surface area contributed by atoms with Crippen molar-refractivity contribution in [1.29, 1.82) is 0 Å². The minimum atomic E-state index is -4.57. The molecule has 0 spiro atoms. The predicted molar refractivity (Wildman–Crippen MR) is 63.4 cm³/mol. The Morgan fingerprint density at radius 3 is 2.70 bits per heavy atom. The Balaban J connectivity index is 2.11. The number of thiazole rings is 1. The molecule has 1 amide bonds. The van der Waals surface area contributed by atoms with Crippen LogP contribution in [-0.2, 0) is 11.0 Å². The summed E-state index contributed by atoms with van der Waals surface area (Å²) in [6.07, 6.45) is -3.60. The summed E-state index contributed by atoms with van der Waals surface area (Å²) in [6.45, 7) is 0.342. The van der Waals surface area contributed by atoms with Crippen LogP contribution in [0.1, 0.15) is 28.3 Å². The molecule has 0 aromatic carbocycles. The van der Waals surface area contributed by atoms with Crippen LogP contribution in [0.4, 0.5) is 13.2 Å². The van der Waals surface area contributed by atoms with Gasteiger partial charge in [-0.25, -0.2) is 4.98 Å². The zero-order chi connectivity index (χ0) is 14.9. The number of aromatic nitrogens is 1. The Labute approximate surface area is 116 Å². The van der Waals surface area contributed by atoms with E-state index in [-0.39, 0.29) is 12.2 Å². The van der Waals surface area contributed by atoms with Gasteiger partial charge in [0, 0.05) is 18.5 Å². The highest BCUT2D eigenvalue weighted by molar-refractivity contribution is 7.09. The molecule has 1 aromatic rings. The van der Waals surface area contributed by atoms with E-state index in [9.17, 15) is 22.8 Å². The summed E-state index contributed by atoms with van der Waals surface area (Å²) in [5.41, 5.74) is -0.284. The SMILES string of the molecule is O=C(O)[C@H]1CCCN(C(=O)c2csc(C(F)(F)F)n2)C1. The molecule has 1 aliphatic heterocycles. The van der Waals surface area contributed by atoms with Gasteiger partial charge < -0.3 is 10.0 Å². The maximum atomic E-state index is 12.4. The number of alkyl halides is 3. The quantitative estimate of drug-likeness (QED) is 0.908. The lowest BCUT2D eigenvalue weighted by Crippen LogP contribution is -2.42. The minimum Gasteiger partial charge on any atom is -0.481 e. The number of halogens is 3. The number of amides is 1. The molecule has 1 aliphatic rings. The molecule has 1 fully saturated rings. The zero-order valence-electron chi connectivity index (χ0n) is 10.2. The van der Waals surface area contributed by atoms with Gasteiger partial charge in [0.15, 0.2) is 5.01 Å². The van der Waals surface area contributed by atoms with E-state index < -0.39 is 29.0 Å². The van der Waals surface area contributed by atoms with Gasteiger partial charge >= 0.3 is 12.1 Å². The molecule has 0 unspecified atom stereocenters. The molecular weight excluding hydrogens is 297 g/mol. The van der Waals surface area contributed by atoms with Gasteiger partial charge in [-0.3, -0.25) is 9.59 Å². The van der Waals surface area contributed by atoms with Crippen LogP contribution in [0.2, 0.25) is 0 Å². The highest BCUT2D eigenvalue weighted by atomic mass is 32.1. The molecule has 1 atom stereocenters. The Morgan fingerprint density at radius 1 is 1.45 bits per heavy atom. The lowest BCUT2D eigenvalue weighted by molar-refractivity contribution is -0.143. The molecular formula is C11H11F3N2O3S. The maximum Gasteiger partial charge on any atom is 0.443 e. The van der Waals surface area contributed by atoms with Gasteiger partial charge in [-0.05, 0) is 12.8 Å². The molecule has 2 heterocycles. The molecule has 110 valence electrons. The van der Waals surface area contributed by atoms with Crippen molar-refractivity contribution in [2.45, 2.75) is 19.0 Å². The third-order valence-electron chi connectivity index (χ3n) is 3.02. The summed E-state index contributed by atoms with van der Waals surface area (Å²) in [5.74, 6) is -2.33. The van der Waals surface area contributed by atoms with Crippen LogP contribution in [-0.4, -0.2) is 40.0 Å². The van der Waals surface area contributed by atoms with Gasteiger partial charge in [-0.15, -0.1) is 11.3 Å². The molecule has 9 heteroatoms. The number of hydrogen-bond donors (Lipinski definition) is 1. The lowest BCUT2D eigenvalue weighted by Gasteiger charge is -2.30. The second-order valence-electron chi connectivity index (χ2n) is 4.46. The van der Waals surface area contributed by atoms with Gasteiger partial charge in [0.25, 0.3) is 5.91 Å². The Kier molecular flexibility index (Phi) is 3.98. The molecule has 0 radical (unpaired) electrons. The monoisotopic (exact) mass is 308 g/mol. The van der Waals surface area contributed by atoms with Crippen molar-refractivity contribution in [1.82, 2.24) is 9.88 Å². The lowest BCUT2D eigenvalue weighted by atomic mass is 9.98. The first-order valence-electron chi connectivity index (χ1n) is 5.84. The summed E-state index contributed by atoms with van der Waals surface area (Å²) in [4.78, 5) is 27.4. The van der Waals surface area contributed by atoms with E-state index in [1.165, 1.54) is 4.90 Å². The third kappa shape index (κ3) is 3.09. The van der Waals surface area contributed by atoms with Crippen molar-refractivity contribution >= 4 is 23.2 Å². The largest absolute Gasteiger partial charge is 0.481 e. The minimum absolute atomic E-state index is 0.00699. The molecule has 2 rings (SSSR count). The number of rotatable bonds is 2. The van der Waals surface area contributed by atoms with E-state index in [1.807, 2.05) is 0 Å². The van der Waals surface area contributed by atoms with Crippen LogP contribution in [0, 0.1) is 5.92 Å². The fourth-order valence-corrected chi connectivity index (χ4v) is 2.69. The highest BCUT2D eigenvalue weighted by Gasteiger charge is 2.36. The molecule has 0 saturated carbocycles. The van der Waals surface area contributed by atoms with Gasteiger partial charge in [-0.2, -0.15) is 13.2 Å². The number of nitrogens with zero attached hydrogens (tertiary/aromatic N) is 2. The maximum absolute atomic E-state index is 12.4. The highest BCUT2D eigenvalue weighted by Crippen LogP contribution is 2.32. The molecule has 20 heavy (non-hydrogen) atoms. The van der Waals surface area contributed by atoms with Gasteiger partial charge in [0.05, 0.1) is 5.92 Å². The van der Waals surface area contributed by atoms with Crippen molar-refractivity contribution in [2.75, 3.05) is 13.1 Å². The molecule has 5 nitrogen and oxygen atoms in total. The Hall–Kier alpha value is -1.64. The van der Waals surface area contributed by atoms with Crippen molar-refractivity contribution in [2.24, 2.45) is 5.92 Å². The van der Waals surface area contributed by atoms with Crippen LogP contribution in [0.3, 0.4) is 0 Å². The van der Waals surface area contributed by atoms with E-state index in [2.05, 4.69) is 4.98 Å². The van der Waals surface area contributed by atoms with Crippen LogP contribution in [0.5, 0.6) is 0 Å². The topological polar surface area (TPSA) is 70.5 Å². The van der Waals surface area contributed by atoms with Gasteiger partial charge in [0.1, 0.15) is 5.69 Å². The van der Waals surface area contributed by atoms with E-state index >= 15 is 0 Å². The zero-order valence-corrected chi connectivity index (χ0v) is 11.0. The van der Waals surface area contributed by atoms with Crippen LogP contribution in [0.15, 0.2) is 5.38 Å². The van der Waals surface area contributed by atoms with Crippen molar-refractivity contribution in [3.8, 4) is 0 Å². The molecule has 0 bridgehead atoms. The molecule has 0 aliphatic carbocycles. The number of piperidine rings is 1. The standard InChI is InChI=1S/C11H11F3N2O3S/c12-11(13,14)10-15-7(5-20-10)8(17)16-3-1-2-6(4-16)9(18)19/h5-6H,1-4H2,(H,18,19)/t6-/m0/s1. The van der Waals surface area contributed by atoms with Crippen LogP contribution < -0.4 is 0 Å². The van der Waals surface area contributed by atoms with E-state index in [0.29, 0.717) is 30.7 Å². The number of carboxylic acid groups (broad SMARTS) is 1. The predicted octanol–water partition coefficient (Wildman–Crippen LogP) is 2.10. The van der Waals surface area contributed by atoms with Crippen molar-refractivity contribution in [3.05, 3.63) is 16.1 Å². The fraction of sp³-hybridized carbons (Fsp3) is 0.545. The second kappa shape index (κ2) is 5.39. The van der Waals surface area contributed by atoms with E-state index in [4.69, 9.17) is 5.11 Å². The number of carbonyl (C=O) groups excluding carboxylic acids is 1. The number of likely N-dealkylation sites (tertiary alicyclic amines) is 1. The first kappa shape index (κ1) is 14.8.